The van der Waals surface area contributed by atoms with Crippen LogP contribution in [0, 0.1) is 0 Å². The molecule has 4 aromatic carbocycles. The van der Waals surface area contributed by atoms with Gasteiger partial charge in [0.15, 0.2) is 0 Å². The number of hydrogen-bond donors (Lipinski definition) is 2. The molecule has 0 bridgehead atoms. The Labute approximate surface area is 313 Å². The molecule has 0 fully saturated rings. The van der Waals surface area contributed by atoms with Crippen LogP contribution in [0.1, 0.15) is 65.8 Å². The van der Waals surface area contributed by atoms with Crippen molar-refractivity contribution in [2.24, 2.45) is 0 Å². The Hall–Kier alpha value is -5.04. The van der Waals surface area contributed by atoms with Gasteiger partial charge in [-0.15, -0.1) is 6.58 Å². The second kappa shape index (κ2) is 22.6. The van der Waals surface area contributed by atoms with E-state index in [0.717, 1.165) is 71.6 Å². The molecular weight excluding hydrogens is 677 g/mol. The van der Waals surface area contributed by atoms with Crippen LogP contribution in [0.5, 0.6) is 11.5 Å². The third kappa shape index (κ3) is 15.6. The smallest absolute Gasteiger partial charge is 0.300 e. The van der Waals surface area contributed by atoms with E-state index in [0.29, 0.717) is 15.7 Å². The summed E-state index contributed by atoms with van der Waals surface area (Å²) in [6.07, 6.45) is 12.6. The van der Waals surface area contributed by atoms with Crippen molar-refractivity contribution in [2.75, 3.05) is 5.73 Å². The van der Waals surface area contributed by atoms with Crippen LogP contribution in [0.4, 0.5) is 5.69 Å². The van der Waals surface area contributed by atoms with Gasteiger partial charge in [-0.1, -0.05) is 97.2 Å². The van der Waals surface area contributed by atoms with Crippen molar-refractivity contribution in [3.63, 3.8) is 0 Å². The number of allylic oxidation sites excluding steroid dienone is 3. The number of carbonyl (C=O) groups is 1. The highest BCUT2D eigenvalue weighted by Gasteiger charge is 2.10. The van der Waals surface area contributed by atoms with Gasteiger partial charge < -0.3 is 20.1 Å². The molecule has 5 aromatic rings. The molecule has 1 aromatic heterocycles. The van der Waals surface area contributed by atoms with Gasteiger partial charge in [0.25, 0.3) is 5.97 Å². The van der Waals surface area contributed by atoms with Gasteiger partial charge in [-0.3, -0.25) is 4.79 Å². The van der Waals surface area contributed by atoms with E-state index < -0.39 is 5.97 Å². The van der Waals surface area contributed by atoms with Crippen LogP contribution in [-0.4, -0.2) is 20.6 Å². The second-order valence-corrected chi connectivity index (χ2v) is 12.2. The van der Waals surface area contributed by atoms with Crippen LogP contribution >= 0.6 is 23.2 Å². The molecule has 6 nitrogen and oxygen atoms in total. The Morgan fingerprint density at radius 2 is 1.41 bits per heavy atom. The molecule has 51 heavy (non-hydrogen) atoms. The number of ether oxygens (including phenoxy) is 1. The van der Waals surface area contributed by atoms with Crippen molar-refractivity contribution in [1.82, 2.24) is 9.55 Å². The molecule has 0 saturated carbocycles. The zero-order chi connectivity index (χ0) is 37.8. The molecule has 0 aliphatic carbocycles. The summed E-state index contributed by atoms with van der Waals surface area (Å²) in [6.45, 7) is 15.9. The van der Waals surface area contributed by atoms with E-state index in [1.165, 1.54) is 5.57 Å². The number of carboxylic acid groups (broad SMARTS) is 1. The number of nitrogens with two attached hydrogens (primary N) is 1. The lowest BCUT2D eigenvalue weighted by Gasteiger charge is -2.08. The van der Waals surface area contributed by atoms with Crippen molar-refractivity contribution >= 4 is 47.0 Å². The molecule has 8 heteroatoms. The summed E-state index contributed by atoms with van der Waals surface area (Å²) in [5, 5.41) is 8.61. The lowest BCUT2D eigenvalue weighted by Crippen LogP contribution is -1.94. The number of rotatable bonds is 9. The Kier molecular flexibility index (Phi) is 18.7. The number of anilines is 1. The molecule has 1 heterocycles. The van der Waals surface area contributed by atoms with Crippen LogP contribution < -0.4 is 10.5 Å². The van der Waals surface area contributed by atoms with Gasteiger partial charge in [-0.25, -0.2) is 4.98 Å². The fourth-order valence-electron chi connectivity index (χ4n) is 4.22. The minimum Gasteiger partial charge on any atom is -0.481 e. The van der Waals surface area contributed by atoms with Crippen molar-refractivity contribution in [2.45, 2.75) is 60.9 Å². The molecule has 0 aliphatic heterocycles. The molecule has 0 atom stereocenters. The maximum absolute atomic E-state index is 9.00. The highest BCUT2D eigenvalue weighted by Crippen LogP contribution is 2.31. The SMILES string of the molecule is C/C=C\CC.C=C(C)CC.CC(=O)O.CCn1cc(-c2ccc(Cl)cc2Cl)nc1/C=C/c1ccc(-c2ccc(Oc3ccc(N)cc3)cc2)cc1. The van der Waals surface area contributed by atoms with Crippen molar-refractivity contribution < 1.29 is 14.6 Å². The predicted molar refractivity (Wildman–Crippen MR) is 219 cm³/mol. The first-order valence-electron chi connectivity index (χ1n) is 16.8. The molecular formula is C43H49Cl2N3O3. The quantitative estimate of drug-likeness (QED) is 0.117. The molecule has 0 aliphatic rings. The molecule has 0 radical (unpaired) electrons. The van der Waals surface area contributed by atoms with Gasteiger partial charge in [0.2, 0.25) is 0 Å². The molecule has 268 valence electrons. The van der Waals surface area contributed by atoms with Gasteiger partial charge in [-0.2, -0.15) is 0 Å². The molecule has 0 amide bonds. The topological polar surface area (TPSA) is 90.4 Å². The van der Waals surface area contributed by atoms with Crippen LogP contribution in [0.15, 0.2) is 121 Å². The average molecular weight is 727 g/mol. The number of hydrogen-bond acceptors (Lipinski definition) is 4. The van der Waals surface area contributed by atoms with Crippen molar-refractivity contribution in [3.05, 3.63) is 143 Å². The maximum atomic E-state index is 9.00. The molecule has 3 N–H and O–H groups in total. The highest BCUT2D eigenvalue weighted by atomic mass is 35.5. The van der Waals surface area contributed by atoms with Crippen molar-refractivity contribution in [3.8, 4) is 33.9 Å². The number of aliphatic carboxylic acids is 1. The van der Waals surface area contributed by atoms with Crippen molar-refractivity contribution in [1.29, 1.82) is 0 Å². The Balaban J connectivity index is 0.000000549. The number of nitrogens with zero attached hydrogens (tertiary/aromatic N) is 2. The second-order valence-electron chi connectivity index (χ2n) is 11.4. The number of benzene rings is 4. The average Bonchev–Trinajstić information content (AvgIpc) is 3.52. The number of carboxylic acids is 1. The first-order valence-corrected chi connectivity index (χ1v) is 17.6. The third-order valence-corrected chi connectivity index (χ3v) is 7.62. The standard InChI is InChI=1S/C31H25Cl2N3O.2C5H10.C2H4O2/c1-2-36-20-30(28-17-10-24(32)19-29(28)33)35-31(36)18-5-21-3-6-22(7-4-21)23-8-13-26(14-9-23)37-27-15-11-25(34)12-16-27;1-4-5(2)3;1-3-5-4-2;1-2(3)4/h3-20H,2,34H2,1H3;2,4H2,1,3H3;3,5H,4H2,1-2H3;1H3,(H,3,4)/b18-5+;;5-3-;. The molecule has 0 saturated heterocycles. The van der Waals surface area contributed by atoms with E-state index in [9.17, 15) is 0 Å². The lowest BCUT2D eigenvalue weighted by atomic mass is 10.0. The number of halogens is 2. The van der Waals surface area contributed by atoms with Crippen LogP contribution in [0.3, 0.4) is 0 Å². The van der Waals surface area contributed by atoms with E-state index >= 15 is 0 Å². The van der Waals surface area contributed by atoms with Gasteiger partial charge in [0.1, 0.15) is 17.3 Å². The maximum Gasteiger partial charge on any atom is 0.300 e. The summed E-state index contributed by atoms with van der Waals surface area (Å²) >= 11 is 12.4. The van der Waals surface area contributed by atoms with Gasteiger partial charge in [-0.05, 0) is 111 Å². The fourth-order valence-corrected chi connectivity index (χ4v) is 4.73. The van der Waals surface area contributed by atoms with Gasteiger partial charge >= 0.3 is 0 Å². The Morgan fingerprint density at radius 1 is 0.882 bits per heavy atom. The Morgan fingerprint density at radius 3 is 1.86 bits per heavy atom. The summed E-state index contributed by atoms with van der Waals surface area (Å²) in [7, 11) is 0. The van der Waals surface area contributed by atoms with E-state index in [-0.39, 0.29) is 0 Å². The molecule has 0 unspecified atom stereocenters. The van der Waals surface area contributed by atoms with Crippen LogP contribution in [0.2, 0.25) is 10.0 Å². The zero-order valence-electron chi connectivity index (χ0n) is 30.4. The van der Waals surface area contributed by atoms with Crippen LogP contribution in [0.25, 0.3) is 34.5 Å². The highest BCUT2D eigenvalue weighted by molar-refractivity contribution is 6.36. The van der Waals surface area contributed by atoms with E-state index in [2.05, 4.69) is 86.5 Å². The fraction of sp³-hybridized carbons (Fsp3) is 0.209. The largest absolute Gasteiger partial charge is 0.481 e. The minimum atomic E-state index is -0.833. The number of aryl methyl sites for hydroxylation is 1. The van der Waals surface area contributed by atoms with Gasteiger partial charge in [0, 0.05) is 35.9 Å². The van der Waals surface area contributed by atoms with Crippen LogP contribution in [-0.2, 0) is 11.3 Å². The third-order valence-electron chi connectivity index (χ3n) is 7.07. The first-order chi connectivity index (χ1) is 24.4. The van der Waals surface area contributed by atoms with E-state index in [4.69, 9.17) is 48.6 Å². The molecule has 5 rings (SSSR count). The summed E-state index contributed by atoms with van der Waals surface area (Å²) in [5.41, 5.74) is 12.7. The zero-order valence-corrected chi connectivity index (χ0v) is 31.9. The Bertz CT molecular complexity index is 1850. The number of nitrogen functional groups attached to an aromatic ring is 1. The summed E-state index contributed by atoms with van der Waals surface area (Å²) < 4.78 is 7.99. The first kappa shape index (κ1) is 42.1. The molecule has 0 spiro atoms. The van der Waals surface area contributed by atoms with E-state index in [1.54, 1.807) is 6.07 Å². The normalized spacial score (nSPS) is 10.4. The van der Waals surface area contributed by atoms with E-state index in [1.807, 2.05) is 74.7 Å². The predicted octanol–water partition coefficient (Wildman–Crippen LogP) is 13.1. The number of imidazole rings is 1. The van der Waals surface area contributed by atoms with Gasteiger partial charge in [0.05, 0.1) is 10.7 Å². The summed E-state index contributed by atoms with van der Waals surface area (Å²) in [4.78, 5) is 13.8. The minimum absolute atomic E-state index is 0.587. The number of aromatic nitrogens is 2. The monoisotopic (exact) mass is 725 g/mol. The summed E-state index contributed by atoms with van der Waals surface area (Å²) in [6, 6.07) is 29.3. The lowest BCUT2D eigenvalue weighted by molar-refractivity contribution is -0.134. The summed E-state index contributed by atoms with van der Waals surface area (Å²) in [5.74, 6) is 1.56.